The minimum absolute atomic E-state index is 0.302. The van der Waals surface area contributed by atoms with E-state index in [2.05, 4.69) is 29.1 Å². The molecule has 3 heteroatoms. The monoisotopic (exact) mass is 247 g/mol. The van der Waals surface area contributed by atoms with Crippen LogP contribution in [0.15, 0.2) is 12.4 Å². The average Bonchev–Trinajstić information content (AvgIpc) is 2.39. The first-order valence-corrected chi connectivity index (χ1v) is 7.26. The maximum Gasteiger partial charge on any atom is 0.0782 e. The van der Waals surface area contributed by atoms with E-state index in [1.165, 1.54) is 32.1 Å². The van der Waals surface area contributed by atoms with Crippen LogP contribution in [0.2, 0.25) is 0 Å². The standard InChI is InChI=1S/C15H25N3/c1-4-13-7-5-6-8-14(13)18-12(3)15-11(2)16-9-10-17-15/h9-10,12-14,18H,4-8H2,1-3H3. The molecule has 1 aromatic heterocycles. The number of nitrogens with one attached hydrogen (secondary N) is 1. The number of hydrogen-bond donors (Lipinski definition) is 1. The zero-order valence-electron chi connectivity index (χ0n) is 11.8. The van der Waals surface area contributed by atoms with E-state index in [9.17, 15) is 0 Å². The van der Waals surface area contributed by atoms with Crippen LogP contribution >= 0.6 is 0 Å². The summed E-state index contributed by atoms with van der Waals surface area (Å²) in [5.74, 6) is 0.832. The fourth-order valence-electron chi connectivity index (χ4n) is 3.16. The lowest BCUT2D eigenvalue weighted by Gasteiger charge is -2.34. The fourth-order valence-corrected chi connectivity index (χ4v) is 3.16. The number of nitrogens with zero attached hydrogens (tertiary/aromatic N) is 2. The van der Waals surface area contributed by atoms with Crippen molar-refractivity contribution in [3.05, 3.63) is 23.8 Å². The molecule has 0 aromatic carbocycles. The number of rotatable bonds is 4. The Morgan fingerprint density at radius 2 is 2.00 bits per heavy atom. The molecule has 1 fully saturated rings. The highest BCUT2D eigenvalue weighted by Gasteiger charge is 2.25. The zero-order chi connectivity index (χ0) is 13.0. The molecule has 1 aliphatic rings. The van der Waals surface area contributed by atoms with Gasteiger partial charge in [-0.2, -0.15) is 0 Å². The fraction of sp³-hybridized carbons (Fsp3) is 0.733. The maximum absolute atomic E-state index is 4.47. The molecule has 3 nitrogen and oxygen atoms in total. The van der Waals surface area contributed by atoms with E-state index in [-0.39, 0.29) is 0 Å². The molecule has 100 valence electrons. The quantitative estimate of drug-likeness (QED) is 0.886. The SMILES string of the molecule is CCC1CCCCC1NC(C)c1nccnc1C. The molecule has 0 bridgehead atoms. The van der Waals surface area contributed by atoms with Crippen LogP contribution in [0.25, 0.3) is 0 Å². The largest absolute Gasteiger partial charge is 0.306 e. The highest BCUT2D eigenvalue weighted by atomic mass is 15.0. The van der Waals surface area contributed by atoms with Gasteiger partial charge >= 0.3 is 0 Å². The van der Waals surface area contributed by atoms with Crippen molar-refractivity contribution in [1.29, 1.82) is 0 Å². The lowest BCUT2D eigenvalue weighted by Crippen LogP contribution is -2.40. The van der Waals surface area contributed by atoms with E-state index >= 15 is 0 Å². The molecule has 1 N–H and O–H groups in total. The summed E-state index contributed by atoms with van der Waals surface area (Å²) < 4.78 is 0. The van der Waals surface area contributed by atoms with E-state index in [0.717, 1.165) is 17.3 Å². The van der Waals surface area contributed by atoms with Crippen molar-refractivity contribution in [3.63, 3.8) is 0 Å². The smallest absolute Gasteiger partial charge is 0.0782 e. The molecule has 0 aliphatic heterocycles. The Hall–Kier alpha value is -0.960. The highest BCUT2D eigenvalue weighted by Crippen LogP contribution is 2.28. The van der Waals surface area contributed by atoms with Gasteiger partial charge in [0.2, 0.25) is 0 Å². The molecule has 0 spiro atoms. The van der Waals surface area contributed by atoms with Gasteiger partial charge in [-0.3, -0.25) is 9.97 Å². The summed E-state index contributed by atoms with van der Waals surface area (Å²) in [6, 6.07) is 0.955. The maximum atomic E-state index is 4.47. The van der Waals surface area contributed by atoms with Crippen LogP contribution in [0, 0.1) is 12.8 Å². The number of aryl methyl sites for hydroxylation is 1. The molecule has 18 heavy (non-hydrogen) atoms. The van der Waals surface area contributed by atoms with Crippen LogP contribution in [-0.4, -0.2) is 16.0 Å². The van der Waals surface area contributed by atoms with Crippen LogP contribution in [0.1, 0.15) is 63.4 Å². The van der Waals surface area contributed by atoms with Crippen molar-refractivity contribution >= 4 is 0 Å². The van der Waals surface area contributed by atoms with Gasteiger partial charge in [-0.25, -0.2) is 0 Å². The minimum atomic E-state index is 0.302. The van der Waals surface area contributed by atoms with E-state index in [1.54, 1.807) is 12.4 Å². The van der Waals surface area contributed by atoms with Gasteiger partial charge in [-0.1, -0.05) is 26.2 Å². The highest BCUT2D eigenvalue weighted by molar-refractivity contribution is 5.12. The average molecular weight is 247 g/mol. The van der Waals surface area contributed by atoms with E-state index in [0.29, 0.717) is 12.1 Å². The third kappa shape index (κ3) is 3.08. The summed E-state index contributed by atoms with van der Waals surface area (Å²) in [6.45, 7) is 6.56. The third-order valence-electron chi connectivity index (χ3n) is 4.23. The molecule has 0 saturated heterocycles. The van der Waals surface area contributed by atoms with Gasteiger partial charge in [-0.15, -0.1) is 0 Å². The van der Waals surface area contributed by atoms with E-state index in [1.807, 2.05) is 6.92 Å². The molecule has 1 aliphatic carbocycles. The second-order valence-electron chi connectivity index (χ2n) is 5.47. The van der Waals surface area contributed by atoms with Crippen molar-refractivity contribution < 1.29 is 0 Å². The second-order valence-corrected chi connectivity index (χ2v) is 5.47. The Morgan fingerprint density at radius 1 is 1.28 bits per heavy atom. The zero-order valence-corrected chi connectivity index (χ0v) is 11.8. The summed E-state index contributed by atoms with van der Waals surface area (Å²) in [7, 11) is 0. The van der Waals surface area contributed by atoms with Crippen molar-refractivity contribution in [3.8, 4) is 0 Å². The Morgan fingerprint density at radius 3 is 2.72 bits per heavy atom. The van der Waals surface area contributed by atoms with Crippen molar-refractivity contribution in [2.45, 2.75) is 65.0 Å². The number of aromatic nitrogens is 2. The molecule has 1 aromatic rings. The third-order valence-corrected chi connectivity index (χ3v) is 4.23. The summed E-state index contributed by atoms with van der Waals surface area (Å²) >= 11 is 0. The molecule has 2 rings (SSSR count). The lowest BCUT2D eigenvalue weighted by molar-refractivity contribution is 0.239. The van der Waals surface area contributed by atoms with Gasteiger partial charge in [0.1, 0.15) is 0 Å². The van der Waals surface area contributed by atoms with Gasteiger partial charge in [-0.05, 0) is 32.6 Å². The van der Waals surface area contributed by atoms with Gasteiger partial charge in [0.25, 0.3) is 0 Å². The van der Waals surface area contributed by atoms with Crippen LogP contribution < -0.4 is 5.32 Å². The van der Waals surface area contributed by atoms with Crippen LogP contribution in [0.3, 0.4) is 0 Å². The predicted octanol–water partition coefficient (Wildman–Crippen LogP) is 3.40. The van der Waals surface area contributed by atoms with Crippen LogP contribution in [0.5, 0.6) is 0 Å². The molecular formula is C15H25N3. The summed E-state index contributed by atoms with van der Waals surface area (Å²) in [5.41, 5.74) is 2.14. The van der Waals surface area contributed by atoms with Gasteiger partial charge < -0.3 is 5.32 Å². The summed E-state index contributed by atoms with van der Waals surface area (Å²) in [4.78, 5) is 8.80. The van der Waals surface area contributed by atoms with E-state index < -0.39 is 0 Å². The van der Waals surface area contributed by atoms with Crippen LogP contribution in [-0.2, 0) is 0 Å². The van der Waals surface area contributed by atoms with E-state index in [4.69, 9.17) is 0 Å². The van der Waals surface area contributed by atoms with Crippen LogP contribution in [0.4, 0.5) is 0 Å². The first-order valence-electron chi connectivity index (χ1n) is 7.26. The lowest BCUT2D eigenvalue weighted by atomic mass is 9.82. The second kappa shape index (κ2) is 6.28. The Kier molecular flexibility index (Phi) is 4.70. The normalized spacial score (nSPS) is 25.9. The summed E-state index contributed by atoms with van der Waals surface area (Å²) in [6.07, 6.45) is 10.3. The Balaban J connectivity index is 2.02. The topological polar surface area (TPSA) is 37.8 Å². The van der Waals surface area contributed by atoms with Crippen molar-refractivity contribution in [2.24, 2.45) is 5.92 Å². The summed E-state index contributed by atoms with van der Waals surface area (Å²) in [5, 5.41) is 3.77. The first kappa shape index (κ1) is 13.5. The van der Waals surface area contributed by atoms with Crippen molar-refractivity contribution in [2.75, 3.05) is 0 Å². The first-order chi connectivity index (χ1) is 8.72. The molecule has 0 radical (unpaired) electrons. The molecular weight excluding hydrogens is 222 g/mol. The molecule has 0 amide bonds. The molecule has 1 heterocycles. The molecule has 3 atom stereocenters. The van der Waals surface area contributed by atoms with Gasteiger partial charge in [0.15, 0.2) is 0 Å². The predicted molar refractivity (Wildman–Crippen MR) is 74.4 cm³/mol. The molecule has 3 unspecified atom stereocenters. The molecule has 1 saturated carbocycles. The van der Waals surface area contributed by atoms with Gasteiger partial charge in [0, 0.05) is 24.5 Å². The number of hydrogen-bond acceptors (Lipinski definition) is 3. The van der Waals surface area contributed by atoms with Crippen molar-refractivity contribution in [1.82, 2.24) is 15.3 Å². The minimum Gasteiger partial charge on any atom is -0.306 e. The Bertz CT molecular complexity index is 378. The Labute approximate surface area is 110 Å². The van der Waals surface area contributed by atoms with Gasteiger partial charge in [0.05, 0.1) is 11.4 Å².